The van der Waals surface area contributed by atoms with Crippen molar-refractivity contribution < 1.29 is 4.79 Å². The topological polar surface area (TPSA) is 55.4 Å². The molecule has 0 aromatic heterocycles. The van der Waals surface area contributed by atoms with Gasteiger partial charge in [-0.05, 0) is 39.5 Å². The Kier molecular flexibility index (Phi) is 4.34. The first kappa shape index (κ1) is 14.2. The van der Waals surface area contributed by atoms with Gasteiger partial charge in [-0.3, -0.25) is 4.79 Å². The van der Waals surface area contributed by atoms with Crippen molar-refractivity contribution in [1.29, 1.82) is 0 Å². The number of hydrazone groups is 1. The van der Waals surface area contributed by atoms with Crippen LogP contribution in [0.5, 0.6) is 0 Å². The number of hydrogen-bond acceptors (Lipinski definition) is 3. The smallest absolute Gasteiger partial charge is 0.135 e. The number of carbonyl (C=O) groups is 1. The van der Waals surface area contributed by atoms with Crippen LogP contribution >= 0.6 is 0 Å². The van der Waals surface area contributed by atoms with Crippen molar-refractivity contribution in [3.63, 3.8) is 0 Å². The molecule has 2 aliphatic rings. The van der Waals surface area contributed by atoms with Crippen LogP contribution in [0.3, 0.4) is 0 Å². The largest absolute Gasteiger partial charge is 0.323 e. The van der Waals surface area contributed by atoms with Gasteiger partial charge in [0.15, 0.2) is 0 Å². The lowest BCUT2D eigenvalue weighted by molar-refractivity contribution is -0.129. The van der Waals surface area contributed by atoms with Crippen LogP contribution in [0.1, 0.15) is 66.2 Å². The first-order valence-corrected chi connectivity index (χ1v) is 6.60. The molecule has 3 heteroatoms. The number of rotatable bonds is 2. The molecule has 3 nitrogen and oxygen atoms in total. The summed E-state index contributed by atoms with van der Waals surface area (Å²) in [7, 11) is 0. The molecular formula is C14H26N2O. The summed E-state index contributed by atoms with van der Waals surface area (Å²) in [6.07, 6.45) is 7.34. The lowest BCUT2D eigenvalue weighted by Gasteiger charge is -2.37. The summed E-state index contributed by atoms with van der Waals surface area (Å²) in [6.45, 7) is 7.99. The molecule has 0 unspecified atom stereocenters. The van der Waals surface area contributed by atoms with Crippen LogP contribution in [-0.4, -0.2) is 11.5 Å². The number of ketones is 1. The zero-order chi connectivity index (χ0) is 13.1. The van der Waals surface area contributed by atoms with Crippen molar-refractivity contribution in [2.24, 2.45) is 21.8 Å². The molecule has 2 aliphatic carbocycles. The monoisotopic (exact) mass is 238 g/mol. The van der Waals surface area contributed by atoms with Crippen molar-refractivity contribution in [1.82, 2.24) is 0 Å². The fraction of sp³-hybridized carbons (Fsp3) is 0.857. The first-order valence-electron chi connectivity index (χ1n) is 6.60. The summed E-state index contributed by atoms with van der Waals surface area (Å²) in [4.78, 5) is 10.7. The molecule has 0 saturated heterocycles. The maximum Gasteiger partial charge on any atom is 0.135 e. The van der Waals surface area contributed by atoms with E-state index in [1.165, 1.54) is 25.7 Å². The third-order valence-electron chi connectivity index (χ3n) is 4.83. The molecule has 2 fully saturated rings. The maximum atomic E-state index is 10.7. The first-order chi connectivity index (χ1) is 7.84. The summed E-state index contributed by atoms with van der Waals surface area (Å²) in [6, 6.07) is 0. The van der Waals surface area contributed by atoms with E-state index < -0.39 is 0 Å². The molecule has 0 radical (unpaired) electrons. The highest BCUT2D eigenvalue weighted by atomic mass is 16.1. The molecule has 0 amide bonds. The average molecular weight is 238 g/mol. The summed E-state index contributed by atoms with van der Waals surface area (Å²) < 4.78 is 0. The Bertz CT molecular complexity index is 312. The van der Waals surface area contributed by atoms with Gasteiger partial charge in [-0.25, -0.2) is 0 Å². The number of hydrogen-bond donors (Lipinski definition) is 1. The van der Waals surface area contributed by atoms with Crippen LogP contribution in [0, 0.1) is 10.8 Å². The SMILES string of the molecule is C/C(=N\N)C1(C)CCC1.CC(=O)C1(C)CCC1. The highest BCUT2D eigenvalue weighted by Gasteiger charge is 2.36. The zero-order valence-electron chi connectivity index (χ0n) is 11.7. The number of nitrogens with two attached hydrogens (primary N) is 1. The van der Waals surface area contributed by atoms with E-state index in [2.05, 4.69) is 18.9 Å². The minimum atomic E-state index is 0.0833. The number of nitrogens with zero attached hydrogens (tertiary/aromatic N) is 1. The van der Waals surface area contributed by atoms with Crippen molar-refractivity contribution in [3.8, 4) is 0 Å². The van der Waals surface area contributed by atoms with Crippen LogP contribution in [0.2, 0.25) is 0 Å². The molecule has 0 aromatic rings. The standard InChI is InChI=1S/C7H14N2.C7H12O/c1-6(9-8)7(2)4-3-5-7;1-6(8)7(2)4-3-5-7/h3-5,8H2,1-2H3;3-5H2,1-2H3/b9-6+;. The van der Waals surface area contributed by atoms with E-state index in [1.807, 2.05) is 6.92 Å². The fourth-order valence-corrected chi connectivity index (χ4v) is 2.28. The molecule has 98 valence electrons. The second-order valence-electron chi connectivity index (χ2n) is 6.10. The lowest BCUT2D eigenvalue weighted by atomic mass is 9.68. The minimum absolute atomic E-state index is 0.0833. The van der Waals surface area contributed by atoms with E-state index in [4.69, 9.17) is 5.84 Å². The second-order valence-corrected chi connectivity index (χ2v) is 6.10. The third kappa shape index (κ3) is 3.08. The molecule has 0 spiro atoms. The highest BCUT2D eigenvalue weighted by molar-refractivity contribution is 5.88. The second kappa shape index (κ2) is 5.19. The van der Waals surface area contributed by atoms with Crippen LogP contribution in [0.15, 0.2) is 5.10 Å². The summed E-state index contributed by atoms with van der Waals surface area (Å²) in [5.41, 5.74) is 1.54. The molecule has 0 atom stereocenters. The fourth-order valence-electron chi connectivity index (χ4n) is 2.28. The van der Waals surface area contributed by atoms with E-state index >= 15 is 0 Å². The molecule has 2 rings (SSSR count). The van der Waals surface area contributed by atoms with Gasteiger partial charge in [0.25, 0.3) is 0 Å². The van der Waals surface area contributed by atoms with Gasteiger partial charge < -0.3 is 5.84 Å². The van der Waals surface area contributed by atoms with Gasteiger partial charge in [0.2, 0.25) is 0 Å². The molecule has 0 heterocycles. The van der Waals surface area contributed by atoms with Crippen LogP contribution in [0.25, 0.3) is 0 Å². The Labute approximate surface area is 105 Å². The average Bonchev–Trinajstić information content (AvgIpc) is 2.22. The molecule has 2 N–H and O–H groups in total. The molecule has 2 saturated carbocycles. The van der Waals surface area contributed by atoms with Crippen LogP contribution in [0.4, 0.5) is 0 Å². The summed E-state index contributed by atoms with van der Waals surface area (Å²) in [5, 5.41) is 3.70. The third-order valence-corrected chi connectivity index (χ3v) is 4.83. The molecule has 0 aromatic carbocycles. The van der Waals surface area contributed by atoms with Gasteiger partial charge in [0.1, 0.15) is 5.78 Å². The predicted molar refractivity (Wildman–Crippen MR) is 71.9 cm³/mol. The Morgan fingerprint density at radius 2 is 1.41 bits per heavy atom. The number of carbonyl (C=O) groups excluding carboxylic acids is 1. The van der Waals surface area contributed by atoms with Gasteiger partial charge in [0.05, 0.1) is 0 Å². The Balaban J connectivity index is 0.000000171. The Morgan fingerprint density at radius 3 is 1.47 bits per heavy atom. The molecule has 0 aliphatic heterocycles. The lowest BCUT2D eigenvalue weighted by Crippen LogP contribution is -2.33. The van der Waals surface area contributed by atoms with Crippen molar-refractivity contribution >= 4 is 11.5 Å². The molecular weight excluding hydrogens is 212 g/mol. The Morgan fingerprint density at radius 1 is 1.00 bits per heavy atom. The zero-order valence-corrected chi connectivity index (χ0v) is 11.7. The maximum absolute atomic E-state index is 10.7. The quantitative estimate of drug-likeness (QED) is 0.456. The Hall–Kier alpha value is -0.860. The van der Waals surface area contributed by atoms with Gasteiger partial charge in [0, 0.05) is 16.5 Å². The van der Waals surface area contributed by atoms with Crippen LogP contribution < -0.4 is 5.84 Å². The van der Waals surface area contributed by atoms with Gasteiger partial charge >= 0.3 is 0 Å². The van der Waals surface area contributed by atoms with Crippen molar-refractivity contribution in [2.45, 2.75) is 66.2 Å². The van der Waals surface area contributed by atoms with Gasteiger partial charge in [-0.2, -0.15) is 5.10 Å². The van der Waals surface area contributed by atoms with E-state index in [1.54, 1.807) is 6.92 Å². The van der Waals surface area contributed by atoms with Gasteiger partial charge in [-0.1, -0.05) is 26.7 Å². The predicted octanol–water partition coefficient (Wildman–Crippen LogP) is 3.28. The highest BCUT2D eigenvalue weighted by Crippen LogP contribution is 2.41. The minimum Gasteiger partial charge on any atom is -0.323 e. The van der Waals surface area contributed by atoms with Crippen LogP contribution in [-0.2, 0) is 4.79 Å². The van der Waals surface area contributed by atoms with Crippen molar-refractivity contribution in [3.05, 3.63) is 0 Å². The van der Waals surface area contributed by atoms with E-state index in [0.29, 0.717) is 11.2 Å². The van der Waals surface area contributed by atoms with Crippen molar-refractivity contribution in [2.75, 3.05) is 0 Å². The van der Waals surface area contributed by atoms with Gasteiger partial charge in [-0.15, -0.1) is 0 Å². The normalized spacial score (nSPS) is 24.8. The number of Topliss-reactive ketones (excluding diaryl/α,β-unsaturated/α-hetero) is 1. The van der Waals surface area contributed by atoms with E-state index in [-0.39, 0.29) is 5.41 Å². The molecule has 0 bridgehead atoms. The summed E-state index contributed by atoms with van der Waals surface area (Å²) >= 11 is 0. The van der Waals surface area contributed by atoms with E-state index in [9.17, 15) is 4.79 Å². The summed E-state index contributed by atoms with van der Waals surface area (Å²) in [5.74, 6) is 5.52. The van der Waals surface area contributed by atoms with E-state index in [0.717, 1.165) is 18.6 Å². The molecule has 17 heavy (non-hydrogen) atoms.